The SMILES string of the molecule is CCCc1c(C(N)=O)nnn1CCOC. The predicted octanol–water partition coefficient (Wildman–Crippen LogP) is -0.0241. The van der Waals surface area contributed by atoms with Gasteiger partial charge >= 0.3 is 0 Å². The minimum Gasteiger partial charge on any atom is -0.383 e. The van der Waals surface area contributed by atoms with Crippen molar-refractivity contribution in [1.82, 2.24) is 15.0 Å². The van der Waals surface area contributed by atoms with Crippen LogP contribution in [0.3, 0.4) is 0 Å². The lowest BCUT2D eigenvalue weighted by molar-refractivity contribution is 0.0994. The van der Waals surface area contributed by atoms with Crippen molar-refractivity contribution in [1.29, 1.82) is 0 Å². The van der Waals surface area contributed by atoms with Crippen LogP contribution < -0.4 is 5.73 Å². The molecule has 0 aliphatic heterocycles. The molecule has 0 aromatic carbocycles. The van der Waals surface area contributed by atoms with Crippen LogP contribution in [-0.4, -0.2) is 34.6 Å². The van der Waals surface area contributed by atoms with Gasteiger partial charge in [0.1, 0.15) is 0 Å². The Kier molecular flexibility index (Phi) is 4.23. The molecule has 1 rings (SSSR count). The van der Waals surface area contributed by atoms with E-state index < -0.39 is 5.91 Å². The Morgan fingerprint density at radius 1 is 1.60 bits per heavy atom. The number of aromatic nitrogens is 3. The van der Waals surface area contributed by atoms with Crippen molar-refractivity contribution < 1.29 is 9.53 Å². The van der Waals surface area contributed by atoms with Crippen molar-refractivity contribution in [2.75, 3.05) is 13.7 Å². The lowest BCUT2D eigenvalue weighted by Crippen LogP contribution is -2.16. The van der Waals surface area contributed by atoms with Crippen LogP contribution in [0, 0.1) is 0 Å². The van der Waals surface area contributed by atoms with Crippen molar-refractivity contribution in [2.45, 2.75) is 26.3 Å². The summed E-state index contributed by atoms with van der Waals surface area (Å²) in [5.74, 6) is -0.526. The van der Waals surface area contributed by atoms with E-state index in [0.29, 0.717) is 13.2 Å². The summed E-state index contributed by atoms with van der Waals surface area (Å²) in [5, 5.41) is 7.65. The van der Waals surface area contributed by atoms with Crippen LogP contribution in [-0.2, 0) is 17.7 Å². The summed E-state index contributed by atoms with van der Waals surface area (Å²) in [4.78, 5) is 11.1. The lowest BCUT2D eigenvalue weighted by Gasteiger charge is -2.04. The van der Waals surface area contributed by atoms with Crippen LogP contribution in [0.5, 0.6) is 0 Å². The molecule has 0 spiro atoms. The van der Waals surface area contributed by atoms with Crippen LogP contribution in [0.15, 0.2) is 0 Å². The van der Waals surface area contributed by atoms with Crippen LogP contribution in [0.1, 0.15) is 29.5 Å². The second kappa shape index (κ2) is 5.45. The number of amides is 1. The quantitative estimate of drug-likeness (QED) is 0.718. The summed E-state index contributed by atoms with van der Waals surface area (Å²) in [6.45, 7) is 3.16. The van der Waals surface area contributed by atoms with Crippen molar-refractivity contribution in [3.63, 3.8) is 0 Å². The second-order valence-electron chi connectivity index (χ2n) is 3.21. The van der Waals surface area contributed by atoms with Gasteiger partial charge in [-0.2, -0.15) is 0 Å². The number of methoxy groups -OCH3 is 1. The first-order valence-electron chi connectivity index (χ1n) is 4.91. The molecular weight excluding hydrogens is 196 g/mol. The van der Waals surface area contributed by atoms with E-state index in [1.165, 1.54) is 0 Å². The molecule has 0 saturated carbocycles. The molecule has 0 aliphatic rings. The van der Waals surface area contributed by atoms with Crippen LogP contribution in [0.25, 0.3) is 0 Å². The molecule has 1 aromatic heterocycles. The maximum Gasteiger partial charge on any atom is 0.271 e. The second-order valence-corrected chi connectivity index (χ2v) is 3.21. The van der Waals surface area contributed by atoms with Crippen molar-refractivity contribution in [2.24, 2.45) is 5.73 Å². The topological polar surface area (TPSA) is 83.0 Å². The zero-order chi connectivity index (χ0) is 11.3. The molecule has 0 aliphatic carbocycles. The Bertz CT molecular complexity index is 335. The Morgan fingerprint density at radius 2 is 2.33 bits per heavy atom. The Hall–Kier alpha value is -1.43. The van der Waals surface area contributed by atoms with E-state index in [-0.39, 0.29) is 5.69 Å². The molecule has 2 N–H and O–H groups in total. The highest BCUT2D eigenvalue weighted by molar-refractivity contribution is 5.91. The number of rotatable bonds is 6. The van der Waals surface area contributed by atoms with Gasteiger partial charge in [-0.25, -0.2) is 4.68 Å². The highest BCUT2D eigenvalue weighted by atomic mass is 16.5. The average molecular weight is 212 g/mol. The van der Waals surface area contributed by atoms with Gasteiger partial charge in [0.25, 0.3) is 5.91 Å². The summed E-state index contributed by atoms with van der Waals surface area (Å²) >= 11 is 0. The van der Waals surface area contributed by atoms with E-state index in [9.17, 15) is 4.79 Å². The first-order valence-corrected chi connectivity index (χ1v) is 4.91. The number of primary amides is 1. The molecule has 6 heteroatoms. The molecule has 15 heavy (non-hydrogen) atoms. The molecule has 0 unspecified atom stereocenters. The Labute approximate surface area is 88.4 Å². The highest BCUT2D eigenvalue weighted by Gasteiger charge is 2.15. The van der Waals surface area contributed by atoms with Gasteiger partial charge in [0.15, 0.2) is 5.69 Å². The fourth-order valence-corrected chi connectivity index (χ4v) is 1.37. The number of nitrogens with two attached hydrogens (primary N) is 1. The highest BCUT2D eigenvalue weighted by Crippen LogP contribution is 2.07. The van der Waals surface area contributed by atoms with Crippen LogP contribution in [0.4, 0.5) is 0 Å². The summed E-state index contributed by atoms with van der Waals surface area (Å²) in [6.07, 6.45) is 1.66. The zero-order valence-electron chi connectivity index (χ0n) is 9.06. The van der Waals surface area contributed by atoms with E-state index in [1.54, 1.807) is 11.8 Å². The Balaban J connectivity index is 2.90. The molecule has 1 aromatic rings. The lowest BCUT2D eigenvalue weighted by atomic mass is 10.2. The first-order chi connectivity index (χ1) is 7.20. The van der Waals surface area contributed by atoms with Gasteiger partial charge < -0.3 is 10.5 Å². The average Bonchev–Trinajstić information content (AvgIpc) is 2.59. The fraction of sp³-hybridized carbons (Fsp3) is 0.667. The fourth-order valence-electron chi connectivity index (χ4n) is 1.37. The molecular formula is C9H16N4O2. The van der Waals surface area contributed by atoms with Gasteiger partial charge in [-0.1, -0.05) is 18.6 Å². The molecule has 0 saturated heterocycles. The first kappa shape index (κ1) is 11.6. The molecule has 0 bridgehead atoms. The van der Waals surface area contributed by atoms with Gasteiger partial charge in [-0.15, -0.1) is 5.10 Å². The summed E-state index contributed by atoms with van der Waals surface area (Å²) in [5.41, 5.74) is 6.27. The van der Waals surface area contributed by atoms with Gasteiger partial charge in [-0.3, -0.25) is 4.79 Å². The summed E-state index contributed by atoms with van der Waals surface area (Å²) in [7, 11) is 1.62. The number of carbonyl (C=O) groups excluding carboxylic acids is 1. The molecule has 0 fully saturated rings. The molecule has 1 heterocycles. The van der Waals surface area contributed by atoms with Crippen molar-refractivity contribution in [3.8, 4) is 0 Å². The summed E-state index contributed by atoms with van der Waals surface area (Å²) in [6, 6.07) is 0. The van der Waals surface area contributed by atoms with E-state index in [0.717, 1.165) is 18.5 Å². The zero-order valence-corrected chi connectivity index (χ0v) is 9.06. The maximum atomic E-state index is 11.1. The number of ether oxygens (including phenoxy) is 1. The number of hydrogen-bond donors (Lipinski definition) is 1. The van der Waals surface area contributed by atoms with Gasteiger partial charge in [0, 0.05) is 7.11 Å². The van der Waals surface area contributed by atoms with Gasteiger partial charge in [0.2, 0.25) is 0 Å². The molecule has 1 amide bonds. The minimum absolute atomic E-state index is 0.271. The summed E-state index contributed by atoms with van der Waals surface area (Å²) < 4.78 is 6.62. The van der Waals surface area contributed by atoms with Crippen LogP contribution in [0.2, 0.25) is 0 Å². The maximum absolute atomic E-state index is 11.1. The minimum atomic E-state index is -0.526. The third-order valence-electron chi connectivity index (χ3n) is 2.07. The van der Waals surface area contributed by atoms with Gasteiger partial charge in [0.05, 0.1) is 18.8 Å². The van der Waals surface area contributed by atoms with E-state index in [1.807, 2.05) is 6.92 Å². The standard InChI is InChI=1S/C9H16N4O2/c1-3-4-7-8(9(10)14)11-12-13(7)5-6-15-2/h3-6H2,1-2H3,(H2,10,14). The smallest absolute Gasteiger partial charge is 0.271 e. The molecule has 84 valence electrons. The number of nitrogens with zero attached hydrogens (tertiary/aromatic N) is 3. The molecule has 0 radical (unpaired) electrons. The van der Waals surface area contributed by atoms with Crippen molar-refractivity contribution in [3.05, 3.63) is 11.4 Å². The van der Waals surface area contributed by atoms with Gasteiger partial charge in [-0.05, 0) is 6.42 Å². The van der Waals surface area contributed by atoms with E-state index in [2.05, 4.69) is 10.3 Å². The normalized spacial score (nSPS) is 10.5. The third-order valence-corrected chi connectivity index (χ3v) is 2.07. The third kappa shape index (κ3) is 2.76. The predicted molar refractivity (Wildman–Crippen MR) is 54.4 cm³/mol. The van der Waals surface area contributed by atoms with E-state index in [4.69, 9.17) is 10.5 Å². The van der Waals surface area contributed by atoms with Crippen molar-refractivity contribution >= 4 is 5.91 Å². The molecule has 6 nitrogen and oxygen atoms in total. The van der Waals surface area contributed by atoms with E-state index >= 15 is 0 Å². The number of hydrogen-bond acceptors (Lipinski definition) is 4. The Morgan fingerprint density at radius 3 is 2.87 bits per heavy atom. The van der Waals surface area contributed by atoms with Crippen LogP contribution >= 0.6 is 0 Å². The number of carbonyl (C=O) groups is 1. The molecule has 0 atom stereocenters. The largest absolute Gasteiger partial charge is 0.383 e. The monoisotopic (exact) mass is 212 g/mol.